The smallest absolute Gasteiger partial charge is 0.408 e. The van der Waals surface area contributed by atoms with Gasteiger partial charge in [-0.25, -0.2) is 4.79 Å². The molecule has 0 spiro atoms. The largest absolute Gasteiger partial charge is 0.444 e. The van der Waals surface area contributed by atoms with E-state index in [9.17, 15) is 9.59 Å². The summed E-state index contributed by atoms with van der Waals surface area (Å²) in [6.45, 7) is 10.6. The number of hydrogen-bond donors (Lipinski definition) is 1. The van der Waals surface area contributed by atoms with E-state index in [2.05, 4.69) is 11.9 Å². The third-order valence-electron chi connectivity index (χ3n) is 1.72. The van der Waals surface area contributed by atoms with Gasteiger partial charge in [0.25, 0.3) is 0 Å². The standard InChI is InChI=1S/C11H19NO3/c1-6-9(8(2)7-13)12-10(14)15-11(3,4)5/h6-9H,1H2,2-5H3,(H,12,14). The number of aldehydes is 1. The van der Waals surface area contributed by atoms with Crippen LogP contribution in [0.3, 0.4) is 0 Å². The van der Waals surface area contributed by atoms with Crippen LogP contribution in [0.5, 0.6) is 0 Å². The van der Waals surface area contributed by atoms with E-state index in [1.807, 2.05) is 0 Å². The van der Waals surface area contributed by atoms with Gasteiger partial charge in [0.2, 0.25) is 0 Å². The topological polar surface area (TPSA) is 55.4 Å². The molecule has 0 saturated carbocycles. The van der Waals surface area contributed by atoms with Crippen molar-refractivity contribution in [2.75, 3.05) is 0 Å². The van der Waals surface area contributed by atoms with Gasteiger partial charge in [-0.1, -0.05) is 13.0 Å². The lowest BCUT2D eigenvalue weighted by Gasteiger charge is -2.23. The van der Waals surface area contributed by atoms with Crippen LogP contribution in [0.2, 0.25) is 0 Å². The number of carbonyl (C=O) groups excluding carboxylic acids is 2. The van der Waals surface area contributed by atoms with E-state index >= 15 is 0 Å². The highest BCUT2D eigenvalue weighted by molar-refractivity contribution is 5.69. The lowest BCUT2D eigenvalue weighted by molar-refractivity contribution is -0.111. The Morgan fingerprint density at radius 3 is 2.33 bits per heavy atom. The molecule has 0 heterocycles. The first-order valence-electron chi connectivity index (χ1n) is 4.87. The molecule has 0 aromatic rings. The summed E-state index contributed by atoms with van der Waals surface area (Å²) in [6, 6.07) is -0.391. The second kappa shape index (κ2) is 5.53. The van der Waals surface area contributed by atoms with Crippen LogP contribution in [0, 0.1) is 5.92 Å². The van der Waals surface area contributed by atoms with Crippen molar-refractivity contribution in [3.8, 4) is 0 Å². The van der Waals surface area contributed by atoms with Crippen LogP contribution in [0.1, 0.15) is 27.7 Å². The fraction of sp³-hybridized carbons (Fsp3) is 0.636. The predicted octanol–water partition coefficient (Wildman–Crippen LogP) is 1.90. The quantitative estimate of drug-likeness (QED) is 0.573. The van der Waals surface area contributed by atoms with Crippen LogP contribution in [0.15, 0.2) is 12.7 Å². The van der Waals surface area contributed by atoms with Crippen molar-refractivity contribution in [2.45, 2.75) is 39.3 Å². The van der Waals surface area contributed by atoms with Crippen molar-refractivity contribution in [3.63, 3.8) is 0 Å². The van der Waals surface area contributed by atoms with Crippen molar-refractivity contribution in [1.82, 2.24) is 5.32 Å². The van der Waals surface area contributed by atoms with E-state index in [0.717, 1.165) is 6.29 Å². The molecular weight excluding hydrogens is 194 g/mol. The van der Waals surface area contributed by atoms with Gasteiger partial charge in [-0.15, -0.1) is 6.58 Å². The van der Waals surface area contributed by atoms with Crippen LogP contribution in [-0.2, 0) is 9.53 Å². The summed E-state index contributed by atoms with van der Waals surface area (Å²) in [5.74, 6) is -0.310. The van der Waals surface area contributed by atoms with Crippen LogP contribution < -0.4 is 5.32 Å². The normalized spacial score (nSPS) is 14.9. The molecule has 0 aliphatic carbocycles. The summed E-state index contributed by atoms with van der Waals surface area (Å²) in [5, 5.41) is 2.56. The summed E-state index contributed by atoms with van der Waals surface area (Å²) >= 11 is 0. The van der Waals surface area contributed by atoms with E-state index in [4.69, 9.17) is 4.74 Å². The van der Waals surface area contributed by atoms with Gasteiger partial charge in [0.05, 0.1) is 6.04 Å². The van der Waals surface area contributed by atoms with Crippen molar-refractivity contribution in [1.29, 1.82) is 0 Å². The molecule has 0 aliphatic heterocycles. The molecule has 1 N–H and O–H groups in total. The molecule has 4 heteroatoms. The molecule has 0 aliphatic rings. The van der Waals surface area contributed by atoms with E-state index < -0.39 is 17.7 Å². The first-order valence-corrected chi connectivity index (χ1v) is 4.87. The molecule has 0 rings (SSSR count). The summed E-state index contributed by atoms with van der Waals surface area (Å²) in [5.41, 5.74) is -0.541. The first kappa shape index (κ1) is 13.7. The molecule has 0 aromatic heterocycles. The molecule has 0 saturated heterocycles. The van der Waals surface area contributed by atoms with Crippen LogP contribution in [0.25, 0.3) is 0 Å². The average molecular weight is 213 g/mol. The highest BCUT2D eigenvalue weighted by Gasteiger charge is 2.20. The van der Waals surface area contributed by atoms with Crippen molar-refractivity contribution >= 4 is 12.4 Å². The SMILES string of the molecule is C=CC(NC(=O)OC(C)(C)C)C(C)C=O. The zero-order valence-electron chi connectivity index (χ0n) is 9.74. The van der Waals surface area contributed by atoms with E-state index in [-0.39, 0.29) is 5.92 Å². The Kier molecular flexibility index (Phi) is 5.05. The Labute approximate surface area is 90.7 Å². The monoisotopic (exact) mass is 213 g/mol. The fourth-order valence-corrected chi connectivity index (χ4v) is 0.933. The third kappa shape index (κ3) is 5.88. The number of carbonyl (C=O) groups is 2. The molecule has 0 radical (unpaired) electrons. The minimum Gasteiger partial charge on any atom is -0.444 e. The minimum atomic E-state index is -0.541. The van der Waals surface area contributed by atoms with Crippen LogP contribution in [0.4, 0.5) is 4.79 Å². The Morgan fingerprint density at radius 2 is 2.00 bits per heavy atom. The van der Waals surface area contributed by atoms with Gasteiger partial charge >= 0.3 is 6.09 Å². The summed E-state index contributed by atoms with van der Waals surface area (Å²) < 4.78 is 5.05. The second-order valence-corrected chi connectivity index (χ2v) is 4.40. The molecule has 86 valence electrons. The number of rotatable bonds is 4. The first-order chi connectivity index (χ1) is 6.80. The molecular formula is C11H19NO3. The Balaban J connectivity index is 4.25. The maximum absolute atomic E-state index is 11.4. The third-order valence-corrected chi connectivity index (χ3v) is 1.72. The molecule has 0 aromatic carbocycles. The molecule has 4 nitrogen and oxygen atoms in total. The number of nitrogens with one attached hydrogen (secondary N) is 1. The number of ether oxygens (including phenoxy) is 1. The molecule has 0 fully saturated rings. The molecule has 1 amide bonds. The van der Waals surface area contributed by atoms with E-state index in [0.29, 0.717) is 0 Å². The Hall–Kier alpha value is -1.32. The number of hydrogen-bond acceptors (Lipinski definition) is 3. The maximum Gasteiger partial charge on any atom is 0.408 e. The molecule has 15 heavy (non-hydrogen) atoms. The van der Waals surface area contributed by atoms with Gasteiger partial charge in [-0.2, -0.15) is 0 Å². The zero-order valence-corrected chi connectivity index (χ0v) is 9.74. The van der Waals surface area contributed by atoms with Crippen molar-refractivity contribution in [2.24, 2.45) is 5.92 Å². The number of amides is 1. The lowest BCUT2D eigenvalue weighted by Crippen LogP contribution is -2.41. The van der Waals surface area contributed by atoms with Gasteiger partial charge in [-0.05, 0) is 20.8 Å². The lowest BCUT2D eigenvalue weighted by atomic mass is 10.0. The molecule has 0 bridgehead atoms. The highest BCUT2D eigenvalue weighted by atomic mass is 16.6. The van der Waals surface area contributed by atoms with E-state index in [1.54, 1.807) is 27.7 Å². The van der Waals surface area contributed by atoms with Gasteiger partial charge in [0.15, 0.2) is 0 Å². The van der Waals surface area contributed by atoms with E-state index in [1.165, 1.54) is 6.08 Å². The summed E-state index contributed by atoms with van der Waals surface area (Å²) in [4.78, 5) is 21.9. The van der Waals surface area contributed by atoms with Crippen molar-refractivity contribution in [3.05, 3.63) is 12.7 Å². The second-order valence-electron chi connectivity index (χ2n) is 4.40. The number of alkyl carbamates (subject to hydrolysis) is 1. The Morgan fingerprint density at radius 1 is 1.47 bits per heavy atom. The average Bonchev–Trinajstić information content (AvgIpc) is 2.10. The maximum atomic E-state index is 11.4. The fourth-order valence-electron chi connectivity index (χ4n) is 0.933. The van der Waals surface area contributed by atoms with Gasteiger partial charge in [0.1, 0.15) is 11.9 Å². The summed E-state index contributed by atoms with van der Waals surface area (Å²) in [7, 11) is 0. The zero-order chi connectivity index (χ0) is 12.1. The van der Waals surface area contributed by atoms with Crippen LogP contribution >= 0.6 is 0 Å². The molecule has 2 unspecified atom stereocenters. The minimum absolute atomic E-state index is 0.310. The predicted molar refractivity (Wildman–Crippen MR) is 58.6 cm³/mol. The Bertz CT molecular complexity index is 243. The van der Waals surface area contributed by atoms with Gasteiger partial charge in [-0.3, -0.25) is 0 Å². The van der Waals surface area contributed by atoms with Crippen molar-refractivity contribution < 1.29 is 14.3 Å². The van der Waals surface area contributed by atoms with Crippen LogP contribution in [-0.4, -0.2) is 24.0 Å². The van der Waals surface area contributed by atoms with Gasteiger partial charge < -0.3 is 14.8 Å². The summed E-state index contributed by atoms with van der Waals surface area (Å²) in [6.07, 6.45) is 1.74. The highest BCUT2D eigenvalue weighted by Crippen LogP contribution is 2.08. The molecule has 2 atom stereocenters. The van der Waals surface area contributed by atoms with Gasteiger partial charge in [0, 0.05) is 5.92 Å².